The fraction of sp³-hybridized carbons (Fsp3) is 0.333. The van der Waals surface area contributed by atoms with Gasteiger partial charge in [0.25, 0.3) is 0 Å². The van der Waals surface area contributed by atoms with Gasteiger partial charge in [0, 0.05) is 6.04 Å². The van der Waals surface area contributed by atoms with E-state index < -0.39 is 0 Å². The summed E-state index contributed by atoms with van der Waals surface area (Å²) in [6.45, 7) is 3.22. The van der Waals surface area contributed by atoms with Crippen LogP contribution in [0.4, 0.5) is 0 Å². The van der Waals surface area contributed by atoms with Crippen molar-refractivity contribution in [3.63, 3.8) is 0 Å². The largest absolute Gasteiger partial charge is 0.508 e. The molecule has 0 saturated carbocycles. The Morgan fingerprint density at radius 3 is 2.10 bits per heavy atom. The highest BCUT2D eigenvalue weighted by molar-refractivity contribution is 5.27. The molecular weight excluding hydrogens is 246 g/mol. The number of aromatic hydroxyl groups is 1. The van der Waals surface area contributed by atoms with Crippen LogP contribution in [0, 0.1) is 0 Å². The van der Waals surface area contributed by atoms with Crippen LogP contribution in [-0.2, 0) is 12.8 Å². The van der Waals surface area contributed by atoms with Gasteiger partial charge in [0.2, 0.25) is 0 Å². The van der Waals surface area contributed by atoms with E-state index in [-0.39, 0.29) is 0 Å². The molecule has 2 aromatic carbocycles. The lowest BCUT2D eigenvalue weighted by Gasteiger charge is -2.19. The monoisotopic (exact) mass is 269 g/mol. The summed E-state index contributed by atoms with van der Waals surface area (Å²) in [5.41, 5.74) is 2.62. The first-order chi connectivity index (χ1) is 9.78. The zero-order valence-corrected chi connectivity index (χ0v) is 12.0. The molecule has 0 aliphatic carbocycles. The number of rotatable bonds is 7. The molecule has 0 heterocycles. The number of phenolic OH excluding ortho intramolecular Hbond substituents is 1. The summed E-state index contributed by atoms with van der Waals surface area (Å²) in [4.78, 5) is 0. The van der Waals surface area contributed by atoms with Crippen LogP contribution in [0.1, 0.15) is 24.5 Å². The zero-order chi connectivity index (χ0) is 14.2. The Hall–Kier alpha value is -1.80. The minimum atomic E-state index is 0.329. The molecule has 0 saturated heterocycles. The molecule has 2 N–H and O–H groups in total. The summed E-state index contributed by atoms with van der Waals surface area (Å²) in [6, 6.07) is 18.5. The number of nitrogens with one attached hydrogen (secondary N) is 1. The van der Waals surface area contributed by atoms with Crippen molar-refractivity contribution in [2.75, 3.05) is 6.54 Å². The Labute approximate surface area is 121 Å². The van der Waals surface area contributed by atoms with Gasteiger partial charge in [-0.05, 0) is 49.1 Å². The highest BCUT2D eigenvalue weighted by Gasteiger charge is 2.09. The van der Waals surface area contributed by atoms with Crippen LogP contribution in [0.2, 0.25) is 0 Å². The van der Waals surface area contributed by atoms with E-state index in [4.69, 9.17) is 0 Å². The summed E-state index contributed by atoms with van der Waals surface area (Å²) < 4.78 is 0. The standard InChI is InChI=1S/C18H23NO/c1-2-12-19-17(13-15-6-4-3-5-7-15)14-16-8-10-18(20)11-9-16/h3-11,17,19-20H,2,12-14H2,1H3. The van der Waals surface area contributed by atoms with E-state index in [9.17, 15) is 5.11 Å². The molecule has 1 unspecified atom stereocenters. The normalized spacial score (nSPS) is 12.2. The Morgan fingerprint density at radius 2 is 1.50 bits per heavy atom. The van der Waals surface area contributed by atoms with Crippen LogP contribution in [0.3, 0.4) is 0 Å². The molecule has 0 amide bonds. The van der Waals surface area contributed by atoms with E-state index in [1.54, 1.807) is 12.1 Å². The molecule has 2 heteroatoms. The second-order valence-electron chi connectivity index (χ2n) is 5.21. The lowest BCUT2D eigenvalue weighted by Crippen LogP contribution is -2.33. The van der Waals surface area contributed by atoms with Crippen molar-refractivity contribution in [1.29, 1.82) is 0 Å². The Balaban J connectivity index is 2.01. The maximum Gasteiger partial charge on any atom is 0.115 e. The van der Waals surface area contributed by atoms with Gasteiger partial charge < -0.3 is 10.4 Å². The van der Waals surface area contributed by atoms with E-state index in [2.05, 4.69) is 42.6 Å². The van der Waals surface area contributed by atoms with Crippen molar-refractivity contribution in [3.8, 4) is 5.75 Å². The minimum Gasteiger partial charge on any atom is -0.508 e. The molecule has 0 aliphatic rings. The number of hydrogen-bond acceptors (Lipinski definition) is 2. The Morgan fingerprint density at radius 1 is 0.900 bits per heavy atom. The summed E-state index contributed by atoms with van der Waals surface area (Å²) in [5.74, 6) is 0.329. The smallest absolute Gasteiger partial charge is 0.115 e. The maximum absolute atomic E-state index is 9.35. The van der Waals surface area contributed by atoms with Crippen molar-refractivity contribution in [3.05, 3.63) is 65.7 Å². The molecule has 0 aliphatic heterocycles. The predicted molar refractivity (Wildman–Crippen MR) is 84.0 cm³/mol. The van der Waals surface area contributed by atoms with Gasteiger partial charge in [-0.25, -0.2) is 0 Å². The molecule has 0 aromatic heterocycles. The fourth-order valence-electron chi connectivity index (χ4n) is 2.38. The molecule has 20 heavy (non-hydrogen) atoms. The third kappa shape index (κ3) is 4.71. The van der Waals surface area contributed by atoms with Crippen LogP contribution < -0.4 is 5.32 Å². The van der Waals surface area contributed by atoms with Gasteiger partial charge in [-0.3, -0.25) is 0 Å². The molecule has 0 bridgehead atoms. The summed E-state index contributed by atoms with van der Waals surface area (Å²) in [5, 5.41) is 13.0. The van der Waals surface area contributed by atoms with E-state index >= 15 is 0 Å². The molecule has 106 valence electrons. The van der Waals surface area contributed by atoms with E-state index in [1.807, 2.05) is 12.1 Å². The van der Waals surface area contributed by atoms with Gasteiger partial charge in [-0.2, -0.15) is 0 Å². The Kier molecular flexibility index (Phi) is 5.63. The van der Waals surface area contributed by atoms with Crippen LogP contribution in [0.5, 0.6) is 5.75 Å². The topological polar surface area (TPSA) is 32.3 Å². The average molecular weight is 269 g/mol. The van der Waals surface area contributed by atoms with E-state index in [0.717, 1.165) is 25.8 Å². The van der Waals surface area contributed by atoms with Crippen LogP contribution in [0.25, 0.3) is 0 Å². The fourth-order valence-corrected chi connectivity index (χ4v) is 2.38. The van der Waals surface area contributed by atoms with Crippen molar-refractivity contribution in [2.45, 2.75) is 32.2 Å². The molecule has 2 rings (SSSR count). The van der Waals surface area contributed by atoms with Crippen LogP contribution in [0.15, 0.2) is 54.6 Å². The van der Waals surface area contributed by atoms with Crippen LogP contribution >= 0.6 is 0 Å². The van der Waals surface area contributed by atoms with Crippen molar-refractivity contribution >= 4 is 0 Å². The average Bonchev–Trinajstić information content (AvgIpc) is 2.48. The van der Waals surface area contributed by atoms with E-state index in [0.29, 0.717) is 11.8 Å². The van der Waals surface area contributed by atoms with Gasteiger partial charge in [-0.15, -0.1) is 0 Å². The van der Waals surface area contributed by atoms with Crippen molar-refractivity contribution < 1.29 is 5.11 Å². The molecule has 1 atom stereocenters. The lowest BCUT2D eigenvalue weighted by molar-refractivity contribution is 0.474. The SMILES string of the molecule is CCCNC(Cc1ccccc1)Cc1ccc(O)cc1. The quantitative estimate of drug-likeness (QED) is 0.805. The molecule has 2 aromatic rings. The highest BCUT2D eigenvalue weighted by atomic mass is 16.3. The van der Waals surface area contributed by atoms with Gasteiger partial charge in [0.1, 0.15) is 5.75 Å². The highest BCUT2D eigenvalue weighted by Crippen LogP contribution is 2.13. The number of phenols is 1. The summed E-state index contributed by atoms with van der Waals surface area (Å²) >= 11 is 0. The van der Waals surface area contributed by atoms with Gasteiger partial charge in [0.15, 0.2) is 0 Å². The molecule has 2 nitrogen and oxygen atoms in total. The van der Waals surface area contributed by atoms with Crippen molar-refractivity contribution in [1.82, 2.24) is 5.32 Å². The third-order valence-corrected chi connectivity index (χ3v) is 3.43. The number of benzene rings is 2. The van der Waals surface area contributed by atoms with Gasteiger partial charge in [0.05, 0.1) is 0 Å². The van der Waals surface area contributed by atoms with Crippen molar-refractivity contribution in [2.24, 2.45) is 0 Å². The first-order valence-corrected chi connectivity index (χ1v) is 7.33. The molecule has 0 spiro atoms. The molecule has 0 fully saturated rings. The number of hydrogen-bond donors (Lipinski definition) is 2. The lowest BCUT2D eigenvalue weighted by atomic mass is 9.99. The first kappa shape index (κ1) is 14.6. The third-order valence-electron chi connectivity index (χ3n) is 3.43. The summed E-state index contributed by atoms with van der Waals surface area (Å²) in [6.07, 6.45) is 3.15. The second-order valence-corrected chi connectivity index (χ2v) is 5.21. The second kappa shape index (κ2) is 7.71. The molecule has 0 radical (unpaired) electrons. The van der Waals surface area contributed by atoms with Crippen LogP contribution in [-0.4, -0.2) is 17.7 Å². The van der Waals surface area contributed by atoms with Gasteiger partial charge >= 0.3 is 0 Å². The molecular formula is C18H23NO. The predicted octanol–water partition coefficient (Wildman–Crippen LogP) is 3.55. The van der Waals surface area contributed by atoms with E-state index in [1.165, 1.54) is 11.1 Å². The summed E-state index contributed by atoms with van der Waals surface area (Å²) in [7, 11) is 0. The first-order valence-electron chi connectivity index (χ1n) is 7.33. The Bertz CT molecular complexity index is 493. The van der Waals surface area contributed by atoms with Gasteiger partial charge in [-0.1, -0.05) is 49.4 Å². The zero-order valence-electron chi connectivity index (χ0n) is 12.0. The minimum absolute atomic E-state index is 0.329. The maximum atomic E-state index is 9.35.